The summed E-state index contributed by atoms with van der Waals surface area (Å²) < 4.78 is 28.1. The summed E-state index contributed by atoms with van der Waals surface area (Å²) in [6.07, 6.45) is 29.5. The third-order valence-electron chi connectivity index (χ3n) is 19.4. The Bertz CT molecular complexity index is 4430. The second-order valence-corrected chi connectivity index (χ2v) is 27.2. The molecule has 6 atom stereocenters. The van der Waals surface area contributed by atoms with Crippen LogP contribution in [0.25, 0.3) is 0 Å². The Morgan fingerprint density at radius 3 is 1.28 bits per heavy atom. The molecule has 0 aliphatic carbocycles. The minimum Gasteiger partial charge on any atom is -0.472 e. The van der Waals surface area contributed by atoms with Crippen LogP contribution in [0.3, 0.4) is 0 Å². The number of nitrogens with zero attached hydrogens (tertiary/aromatic N) is 5. The van der Waals surface area contributed by atoms with Crippen LogP contribution in [0, 0.1) is 12.7 Å². The summed E-state index contributed by atoms with van der Waals surface area (Å²) in [5, 5.41) is 37.5. The predicted molar refractivity (Wildman–Crippen MR) is 435 cm³/mol. The molecule has 0 amide bonds. The normalized spacial score (nSPS) is 12.5. The maximum atomic E-state index is 13.0. The summed E-state index contributed by atoms with van der Waals surface area (Å²) in [6, 6.07) is 61.1. The maximum absolute atomic E-state index is 13.0. The molecule has 0 saturated carbocycles. The summed E-state index contributed by atoms with van der Waals surface area (Å²) in [5.74, 6) is -1.60. The van der Waals surface area contributed by atoms with Crippen LogP contribution >= 0.6 is 0 Å². The van der Waals surface area contributed by atoms with Crippen molar-refractivity contribution in [2.75, 3.05) is 39.5 Å². The molecule has 0 spiro atoms. The summed E-state index contributed by atoms with van der Waals surface area (Å²) in [6.45, 7) is 3.60. The highest BCUT2D eigenvalue weighted by atomic mass is 19.1. The highest BCUT2D eigenvalue weighted by Crippen LogP contribution is 2.28. The lowest BCUT2D eigenvalue weighted by atomic mass is 9.77. The first-order valence-corrected chi connectivity index (χ1v) is 38.0. The second-order valence-electron chi connectivity index (χ2n) is 27.2. The molecule has 20 nitrogen and oxygen atoms in total. The van der Waals surface area contributed by atoms with Crippen molar-refractivity contribution in [1.82, 2.24) is 24.9 Å². The smallest absolute Gasteiger partial charge is 0.146 e. The first-order valence-electron chi connectivity index (χ1n) is 38.0. The maximum Gasteiger partial charge on any atom is 0.146 e. The van der Waals surface area contributed by atoms with E-state index in [4.69, 9.17) is 24.7 Å². The van der Waals surface area contributed by atoms with E-state index in [1.807, 2.05) is 153 Å². The van der Waals surface area contributed by atoms with Gasteiger partial charge in [-0.3, -0.25) is 53.7 Å². The Morgan fingerprint density at radius 1 is 0.404 bits per heavy atom. The van der Waals surface area contributed by atoms with Crippen molar-refractivity contribution >= 4 is 34.7 Å². The van der Waals surface area contributed by atoms with E-state index in [0.717, 1.165) is 73.3 Å². The van der Waals surface area contributed by atoms with Crippen molar-refractivity contribution in [2.45, 2.75) is 126 Å². The monoisotopic (exact) mass is 1540 g/mol. The van der Waals surface area contributed by atoms with Gasteiger partial charge in [0.15, 0.2) is 0 Å². The zero-order chi connectivity index (χ0) is 81.6. The molecule has 4 aromatic carbocycles. The number of ketones is 6. The summed E-state index contributed by atoms with van der Waals surface area (Å²) >= 11 is 0. The lowest BCUT2D eigenvalue weighted by molar-refractivity contribution is -0.124. The molecule has 12 rings (SSSR count). The number of carbonyl (C=O) groups is 6. The fourth-order valence-corrected chi connectivity index (χ4v) is 12.4. The molecule has 0 aliphatic heterocycles. The topological polar surface area (TPSA) is 339 Å². The zero-order valence-electron chi connectivity index (χ0n) is 64.5. The third kappa shape index (κ3) is 30.0. The highest BCUT2D eigenvalue weighted by Gasteiger charge is 2.33. The minimum absolute atomic E-state index is 0.00422. The molecule has 8 aromatic heterocycles. The molecule has 12 aromatic rings. The van der Waals surface area contributed by atoms with E-state index < -0.39 is 29.1 Å². The number of carbonyl (C=O) groups excluding carboxylic acids is 6. The number of furan rings is 3. The molecular formula is C93H102FN7O13. The number of aromatic nitrogens is 5. The van der Waals surface area contributed by atoms with Crippen molar-refractivity contribution in [2.24, 2.45) is 11.5 Å². The van der Waals surface area contributed by atoms with Crippen molar-refractivity contribution < 1.29 is 66.8 Å². The molecular weight excluding hydrogens is 1440 g/mol. The number of Topliss-reactive ketones (excluding diaryl/α,β-unsaturated/α-hetero) is 6. The number of rotatable bonds is 36. The van der Waals surface area contributed by atoms with E-state index in [2.05, 4.69) is 24.9 Å². The number of aryl methyl sites for hydroxylation is 7. The third-order valence-corrected chi connectivity index (χ3v) is 19.4. The summed E-state index contributed by atoms with van der Waals surface area (Å²) in [5.41, 5.74) is 22.1. The van der Waals surface area contributed by atoms with Crippen LogP contribution in [0.2, 0.25) is 0 Å². The number of aliphatic hydroxyl groups excluding tert-OH is 4. The van der Waals surface area contributed by atoms with Gasteiger partial charge in [0.25, 0.3) is 0 Å². The fourth-order valence-electron chi connectivity index (χ4n) is 12.4. The molecule has 0 aliphatic rings. The molecule has 0 radical (unpaired) electrons. The number of nitrogens with two attached hydrogens (primary N) is 2. The first-order chi connectivity index (χ1) is 55.5. The van der Waals surface area contributed by atoms with Gasteiger partial charge >= 0.3 is 0 Å². The molecule has 594 valence electrons. The highest BCUT2D eigenvalue weighted by molar-refractivity contribution is 5.91. The van der Waals surface area contributed by atoms with Crippen LogP contribution < -0.4 is 11.5 Å². The number of pyridine rings is 5. The molecule has 8 heterocycles. The Kier molecular flexibility index (Phi) is 39.4. The number of aliphatic hydroxyl groups is 4. The number of hydrogen-bond donors (Lipinski definition) is 6. The van der Waals surface area contributed by atoms with Gasteiger partial charge in [-0.1, -0.05) is 121 Å². The fraction of sp³-hybridized carbons (Fsp3) is 0.280. The molecule has 8 N–H and O–H groups in total. The zero-order valence-corrected chi connectivity index (χ0v) is 64.5. The molecule has 0 saturated heterocycles. The van der Waals surface area contributed by atoms with Gasteiger partial charge in [-0.15, -0.1) is 0 Å². The molecule has 114 heavy (non-hydrogen) atoms. The molecule has 21 heteroatoms. The Hall–Kier alpha value is -11.8. The van der Waals surface area contributed by atoms with Crippen molar-refractivity contribution in [3.63, 3.8) is 0 Å². The van der Waals surface area contributed by atoms with Crippen LogP contribution in [0.15, 0.2) is 301 Å². The molecule has 0 bridgehead atoms. The van der Waals surface area contributed by atoms with Gasteiger partial charge in [-0.05, 0) is 181 Å². The van der Waals surface area contributed by atoms with Crippen LogP contribution in [-0.4, -0.2) is 120 Å². The van der Waals surface area contributed by atoms with Crippen molar-refractivity contribution in [1.29, 1.82) is 0 Å². The predicted octanol–water partition coefficient (Wildman–Crippen LogP) is 14.1. The van der Waals surface area contributed by atoms with Gasteiger partial charge in [0.1, 0.15) is 46.3 Å². The molecule has 0 fully saturated rings. The number of benzene rings is 4. The van der Waals surface area contributed by atoms with Gasteiger partial charge in [-0.2, -0.15) is 0 Å². The second kappa shape index (κ2) is 50.2. The average Bonchev–Trinajstić information content (AvgIpc) is 1.03. The Balaban J connectivity index is 0.000000190. The summed E-state index contributed by atoms with van der Waals surface area (Å²) in [4.78, 5) is 93.3. The van der Waals surface area contributed by atoms with E-state index >= 15 is 0 Å². The van der Waals surface area contributed by atoms with E-state index in [1.54, 1.807) is 117 Å². The van der Waals surface area contributed by atoms with Gasteiger partial charge in [-0.25, -0.2) is 4.39 Å². The van der Waals surface area contributed by atoms with E-state index in [1.165, 1.54) is 30.9 Å². The van der Waals surface area contributed by atoms with E-state index in [0.29, 0.717) is 82.9 Å². The SMILES string of the molecule is C[C@@](CN)(C(=O)CCc1cccnc1)c1ccc(F)cc1.Cc1ccccc1C(CO)C(=O)CCc1ccccc1.NC[C@H](C(=O)CCc1cccnc1)c1ccoc1.O=C(CCc1ccccc1)[C@@H](CO)c1ccncc1.O=C(CCc1ccccn1)[C@@H](CO)c1ccoc1.O=C(CCc1cccnc1)[C@@H](CO)c1ccco1. The molecule has 1 unspecified atom stereocenters. The number of halogens is 1. The number of hydrogen-bond acceptors (Lipinski definition) is 20. The van der Waals surface area contributed by atoms with E-state index in [9.17, 15) is 53.6 Å². The van der Waals surface area contributed by atoms with Crippen molar-refractivity contribution in [3.8, 4) is 0 Å². The van der Waals surface area contributed by atoms with Gasteiger partial charge < -0.3 is 45.1 Å². The Morgan fingerprint density at radius 2 is 0.842 bits per heavy atom. The lowest BCUT2D eigenvalue weighted by Crippen LogP contribution is -2.40. The van der Waals surface area contributed by atoms with Crippen LogP contribution in [0.4, 0.5) is 4.39 Å². The quantitative estimate of drug-likeness (QED) is 0.0212. The van der Waals surface area contributed by atoms with Crippen LogP contribution in [0.5, 0.6) is 0 Å². The average molecular weight is 1540 g/mol. The Labute approximate surface area is 665 Å². The van der Waals surface area contributed by atoms with Gasteiger partial charge in [0.2, 0.25) is 0 Å². The van der Waals surface area contributed by atoms with Gasteiger partial charge in [0, 0.05) is 124 Å². The largest absolute Gasteiger partial charge is 0.472 e. The minimum atomic E-state index is -0.782. The first kappa shape index (κ1) is 89.4. The van der Waals surface area contributed by atoms with Crippen LogP contribution in [0.1, 0.15) is 148 Å². The van der Waals surface area contributed by atoms with Crippen LogP contribution in [-0.2, 0) is 72.7 Å². The standard InChI is InChI=1S/C18H20O2.C17H19FN2O.C16H17NO2.C14H16N2O2.2C14H15NO3/c1-14-7-5-6-10-16(14)17(13-19)18(20)12-11-15-8-3-2-4-9-15;1-17(12-19,14-5-7-15(18)8-6-14)16(21)9-4-13-3-2-10-20-11-13;18-12-15(14-8-10-17-11-9-14)16(19)7-6-13-4-2-1-3-5-13;15-8-13(12-5-7-18-10-12)14(17)4-3-11-2-1-6-16-9-11;16-10-12(14-4-2-8-18-14)13(17)6-5-11-3-1-7-15-9-11;16-9-13(11-6-8-18-10-11)14(17)5-4-12-3-1-2-7-15-12/h2-10,17,19H,11-13H2,1H3;2-3,5-8,10-11H,4,9,12,19H2,1H3;1-5,8-11,15,18H,6-7,12H2;1-2,5-7,9-10,13H,3-4,8,15H2;1-4,7-9,12,16H,5-6,10H2;1-3,6-8,10,13,16H,4-5,9H2/t;17-;15-;13-;12-;13-/m.00010/s1. The summed E-state index contributed by atoms with van der Waals surface area (Å²) in [7, 11) is 0. The van der Waals surface area contributed by atoms with Crippen molar-refractivity contribution in [3.05, 3.63) is 366 Å². The lowest BCUT2D eigenvalue weighted by Gasteiger charge is -2.27. The van der Waals surface area contributed by atoms with E-state index in [-0.39, 0.29) is 79.4 Å². The van der Waals surface area contributed by atoms with Gasteiger partial charge in [0.05, 0.1) is 92.7 Å².